The van der Waals surface area contributed by atoms with Crippen LogP contribution in [0.1, 0.15) is 11.4 Å². The molecule has 1 aromatic carbocycles. The van der Waals surface area contributed by atoms with Crippen molar-refractivity contribution in [2.24, 2.45) is 0 Å². The monoisotopic (exact) mass is 261 g/mol. The minimum atomic E-state index is -1.50. The molecular weight excluding hydrogens is 249 g/mol. The lowest BCUT2D eigenvalue weighted by Gasteiger charge is -2.04. The number of nitro groups is 1. The van der Waals surface area contributed by atoms with E-state index in [4.69, 9.17) is 10.0 Å². The van der Waals surface area contributed by atoms with Crippen LogP contribution in [0.3, 0.4) is 0 Å². The van der Waals surface area contributed by atoms with Gasteiger partial charge in [0.05, 0.1) is 6.54 Å². The highest BCUT2D eigenvalue weighted by Gasteiger charge is 2.15. The van der Waals surface area contributed by atoms with E-state index < -0.39 is 12.0 Å². The summed E-state index contributed by atoms with van der Waals surface area (Å²) in [6, 6.07) is 6.67. The van der Waals surface area contributed by atoms with Crippen LogP contribution < -0.4 is 5.46 Å². The zero-order valence-corrected chi connectivity index (χ0v) is 10.2. The molecule has 2 N–H and O–H groups in total. The van der Waals surface area contributed by atoms with E-state index in [0.717, 1.165) is 5.56 Å². The van der Waals surface area contributed by atoms with Gasteiger partial charge in [-0.2, -0.15) is 0 Å². The maximum absolute atomic E-state index is 10.6. The fourth-order valence-corrected chi connectivity index (χ4v) is 1.73. The highest BCUT2D eigenvalue weighted by atomic mass is 16.6. The third kappa shape index (κ3) is 2.98. The molecule has 0 saturated heterocycles. The highest BCUT2D eigenvalue weighted by molar-refractivity contribution is 6.58. The first-order chi connectivity index (χ1) is 8.97. The van der Waals surface area contributed by atoms with Gasteiger partial charge >= 0.3 is 12.9 Å². The Kier molecular flexibility index (Phi) is 3.63. The van der Waals surface area contributed by atoms with Gasteiger partial charge in [0.25, 0.3) is 0 Å². The normalized spacial score (nSPS) is 10.5. The van der Waals surface area contributed by atoms with Crippen LogP contribution in [-0.2, 0) is 6.54 Å². The number of rotatable bonds is 4. The van der Waals surface area contributed by atoms with Gasteiger partial charge in [0, 0.05) is 6.92 Å². The van der Waals surface area contributed by atoms with E-state index in [1.165, 1.54) is 6.20 Å². The second-order valence-corrected chi connectivity index (χ2v) is 4.15. The summed E-state index contributed by atoms with van der Waals surface area (Å²) in [4.78, 5) is 13.9. The van der Waals surface area contributed by atoms with E-state index in [2.05, 4.69) is 4.98 Å². The van der Waals surface area contributed by atoms with Crippen molar-refractivity contribution in [3.63, 3.8) is 0 Å². The molecule has 0 aliphatic heterocycles. The summed E-state index contributed by atoms with van der Waals surface area (Å²) in [6.07, 6.45) is 1.38. The van der Waals surface area contributed by atoms with Gasteiger partial charge in [-0.15, -0.1) is 0 Å². The van der Waals surface area contributed by atoms with Gasteiger partial charge in [0.1, 0.15) is 6.20 Å². The van der Waals surface area contributed by atoms with Crippen LogP contribution in [0.2, 0.25) is 0 Å². The largest absolute Gasteiger partial charge is 0.488 e. The van der Waals surface area contributed by atoms with Crippen molar-refractivity contribution in [3.8, 4) is 0 Å². The number of benzene rings is 1. The van der Waals surface area contributed by atoms with E-state index in [1.807, 2.05) is 0 Å². The summed E-state index contributed by atoms with van der Waals surface area (Å²) in [6.45, 7) is 2.13. The topological polar surface area (TPSA) is 101 Å². The number of aryl methyl sites for hydroxylation is 1. The molecule has 0 radical (unpaired) electrons. The fourth-order valence-electron chi connectivity index (χ4n) is 1.73. The van der Waals surface area contributed by atoms with Crippen molar-refractivity contribution < 1.29 is 15.0 Å². The molecular formula is C11H12BN3O4. The van der Waals surface area contributed by atoms with E-state index in [-0.39, 0.29) is 5.82 Å². The average molecular weight is 261 g/mol. The molecule has 1 heterocycles. The predicted molar refractivity (Wildman–Crippen MR) is 69.0 cm³/mol. The summed E-state index contributed by atoms with van der Waals surface area (Å²) >= 11 is 0. The van der Waals surface area contributed by atoms with Crippen molar-refractivity contribution in [1.82, 2.24) is 9.55 Å². The fraction of sp³-hybridized carbons (Fsp3) is 0.182. The molecule has 0 aliphatic rings. The first-order valence-electron chi connectivity index (χ1n) is 5.60. The molecule has 0 aliphatic carbocycles. The Bertz CT molecular complexity index is 594. The lowest BCUT2D eigenvalue weighted by molar-refractivity contribution is -0.389. The van der Waals surface area contributed by atoms with Crippen LogP contribution >= 0.6 is 0 Å². The Balaban J connectivity index is 2.19. The summed E-state index contributed by atoms with van der Waals surface area (Å²) in [7, 11) is -1.50. The van der Waals surface area contributed by atoms with Crippen LogP contribution in [0.25, 0.3) is 0 Å². The standard InChI is InChI=1S/C11H12BN3O4/c1-8-13-11(15(18)19)7-14(8)6-9-2-4-10(5-3-9)12(16)17/h2-5,7,16-17H,6H2,1H3. The van der Waals surface area contributed by atoms with Crippen LogP contribution in [0.4, 0.5) is 5.82 Å². The van der Waals surface area contributed by atoms with Gasteiger partial charge in [-0.25, -0.2) is 0 Å². The molecule has 98 valence electrons. The molecule has 0 fully saturated rings. The smallest absolute Gasteiger partial charge is 0.423 e. The summed E-state index contributed by atoms with van der Waals surface area (Å²) in [5.74, 6) is 0.373. The quantitative estimate of drug-likeness (QED) is 0.452. The van der Waals surface area contributed by atoms with Gasteiger partial charge in [-0.3, -0.25) is 0 Å². The van der Waals surface area contributed by atoms with Crippen LogP contribution in [0.15, 0.2) is 30.5 Å². The maximum atomic E-state index is 10.6. The molecule has 2 aromatic rings. The maximum Gasteiger partial charge on any atom is 0.488 e. The van der Waals surface area contributed by atoms with Crippen molar-refractivity contribution in [3.05, 3.63) is 52.0 Å². The lowest BCUT2D eigenvalue weighted by atomic mass is 9.80. The van der Waals surface area contributed by atoms with E-state index in [0.29, 0.717) is 17.8 Å². The SMILES string of the molecule is Cc1nc([N+](=O)[O-])cn1Cc1ccc(B(O)O)cc1. The van der Waals surface area contributed by atoms with E-state index in [1.54, 1.807) is 35.8 Å². The minimum absolute atomic E-state index is 0.181. The van der Waals surface area contributed by atoms with Gasteiger partial charge in [0.2, 0.25) is 5.82 Å². The number of hydrogen-bond donors (Lipinski definition) is 2. The summed E-state index contributed by atoms with van der Waals surface area (Å²) < 4.78 is 1.67. The third-order valence-corrected chi connectivity index (χ3v) is 2.78. The number of nitrogens with zero attached hydrogens (tertiary/aromatic N) is 3. The molecule has 19 heavy (non-hydrogen) atoms. The van der Waals surface area contributed by atoms with Gasteiger partial charge in [-0.1, -0.05) is 24.3 Å². The Hall–Kier alpha value is -2.19. The second kappa shape index (κ2) is 5.21. The van der Waals surface area contributed by atoms with Crippen molar-refractivity contribution in [2.45, 2.75) is 13.5 Å². The first-order valence-corrected chi connectivity index (χ1v) is 5.60. The molecule has 0 bridgehead atoms. The Morgan fingerprint density at radius 2 is 2.00 bits per heavy atom. The number of hydrogen-bond acceptors (Lipinski definition) is 5. The zero-order valence-electron chi connectivity index (χ0n) is 10.2. The average Bonchev–Trinajstić information content (AvgIpc) is 2.72. The molecule has 8 heteroatoms. The second-order valence-electron chi connectivity index (χ2n) is 4.15. The molecule has 0 amide bonds. The Morgan fingerprint density at radius 1 is 1.37 bits per heavy atom. The Morgan fingerprint density at radius 3 is 2.47 bits per heavy atom. The third-order valence-electron chi connectivity index (χ3n) is 2.78. The number of aromatic nitrogens is 2. The molecule has 2 rings (SSSR count). The molecule has 0 atom stereocenters. The van der Waals surface area contributed by atoms with Gasteiger partial charge in [-0.05, 0) is 20.9 Å². The van der Waals surface area contributed by atoms with Gasteiger partial charge < -0.3 is 24.7 Å². The van der Waals surface area contributed by atoms with Crippen molar-refractivity contribution >= 4 is 18.4 Å². The van der Waals surface area contributed by atoms with E-state index in [9.17, 15) is 10.1 Å². The van der Waals surface area contributed by atoms with Gasteiger partial charge in [0.15, 0.2) is 0 Å². The summed E-state index contributed by atoms with van der Waals surface area (Å²) in [5, 5.41) is 28.6. The molecule has 1 aromatic heterocycles. The number of imidazole rings is 1. The van der Waals surface area contributed by atoms with Crippen LogP contribution in [-0.4, -0.2) is 31.6 Å². The molecule has 0 unspecified atom stereocenters. The Labute approximate surface area is 109 Å². The van der Waals surface area contributed by atoms with Crippen molar-refractivity contribution in [2.75, 3.05) is 0 Å². The molecule has 7 nitrogen and oxygen atoms in total. The molecule has 0 spiro atoms. The van der Waals surface area contributed by atoms with Crippen molar-refractivity contribution in [1.29, 1.82) is 0 Å². The predicted octanol–water partition coefficient (Wildman–Crippen LogP) is -0.172. The molecule has 0 saturated carbocycles. The minimum Gasteiger partial charge on any atom is -0.423 e. The van der Waals surface area contributed by atoms with E-state index >= 15 is 0 Å². The lowest BCUT2D eigenvalue weighted by Crippen LogP contribution is -2.29. The van der Waals surface area contributed by atoms with Crippen LogP contribution in [0.5, 0.6) is 0 Å². The zero-order chi connectivity index (χ0) is 14.0. The van der Waals surface area contributed by atoms with Crippen LogP contribution in [0, 0.1) is 17.0 Å². The highest BCUT2D eigenvalue weighted by Crippen LogP contribution is 2.12. The first kappa shape index (κ1) is 13.3. The summed E-state index contributed by atoms with van der Waals surface area (Å²) in [5.41, 5.74) is 1.29.